The van der Waals surface area contributed by atoms with Crippen LogP contribution in [0.5, 0.6) is 0 Å². The molecule has 0 bridgehead atoms. The third-order valence-electron chi connectivity index (χ3n) is 4.31. The Kier molecular flexibility index (Phi) is 5.71. The minimum Gasteiger partial charge on any atom is -0.392 e. The van der Waals surface area contributed by atoms with E-state index in [2.05, 4.69) is 10.6 Å². The maximum Gasteiger partial charge on any atom is 0.314 e. The van der Waals surface area contributed by atoms with Crippen LogP contribution in [0.1, 0.15) is 24.8 Å². The van der Waals surface area contributed by atoms with E-state index in [9.17, 15) is 18.7 Å². The molecule has 2 rings (SSSR count). The van der Waals surface area contributed by atoms with Crippen LogP contribution >= 0.6 is 0 Å². The molecule has 0 saturated heterocycles. The van der Waals surface area contributed by atoms with Gasteiger partial charge in [-0.25, -0.2) is 13.6 Å². The van der Waals surface area contributed by atoms with Gasteiger partial charge in [0.2, 0.25) is 0 Å². The number of aliphatic hydroxyl groups is 1. The number of halogens is 2. The molecule has 0 aromatic heterocycles. The average Bonchev–Trinajstić information content (AvgIpc) is 2.87. The van der Waals surface area contributed by atoms with E-state index in [-0.39, 0.29) is 12.4 Å². The lowest BCUT2D eigenvalue weighted by Gasteiger charge is -2.33. The third-order valence-corrected chi connectivity index (χ3v) is 4.31. The minimum absolute atomic E-state index is 0.0284. The van der Waals surface area contributed by atoms with Crippen LogP contribution in [0, 0.1) is 11.2 Å². The Labute approximate surface area is 128 Å². The Balaban J connectivity index is 2.01. The van der Waals surface area contributed by atoms with E-state index < -0.39 is 24.2 Å². The number of alkyl halides is 1. The van der Waals surface area contributed by atoms with Crippen LogP contribution in [0.25, 0.3) is 0 Å². The van der Waals surface area contributed by atoms with Crippen LogP contribution in [0.4, 0.5) is 13.6 Å². The van der Waals surface area contributed by atoms with Crippen molar-refractivity contribution in [1.29, 1.82) is 0 Å². The molecule has 1 fully saturated rings. The first kappa shape index (κ1) is 16.7. The molecule has 0 unspecified atom stereocenters. The molecule has 0 aliphatic heterocycles. The van der Waals surface area contributed by atoms with Crippen molar-refractivity contribution in [1.82, 2.24) is 10.6 Å². The summed E-state index contributed by atoms with van der Waals surface area (Å²) in [7, 11) is 0. The number of hydrogen-bond acceptors (Lipinski definition) is 2. The fourth-order valence-corrected chi connectivity index (χ4v) is 3.08. The number of nitrogens with one attached hydrogen (secondary N) is 2. The molecule has 2 amide bonds. The molecule has 0 spiro atoms. The molecule has 0 heterocycles. The molecule has 122 valence electrons. The second-order valence-electron chi connectivity index (χ2n) is 5.87. The smallest absolute Gasteiger partial charge is 0.314 e. The van der Waals surface area contributed by atoms with Gasteiger partial charge < -0.3 is 15.7 Å². The Bertz CT molecular complexity index is 495. The average molecular weight is 312 g/mol. The van der Waals surface area contributed by atoms with Gasteiger partial charge in [-0.05, 0) is 37.0 Å². The van der Waals surface area contributed by atoms with Crippen molar-refractivity contribution >= 4 is 6.03 Å². The van der Waals surface area contributed by atoms with Crippen molar-refractivity contribution in [2.24, 2.45) is 5.41 Å². The SMILES string of the molecule is O=C(NCCF)NC[C@@]1(Cc2ccc(F)cc2)CCC[C@H]1O. The van der Waals surface area contributed by atoms with Gasteiger partial charge in [-0.3, -0.25) is 0 Å². The molecule has 6 heteroatoms. The van der Waals surface area contributed by atoms with Gasteiger partial charge in [-0.15, -0.1) is 0 Å². The number of rotatable bonds is 6. The highest BCUT2D eigenvalue weighted by Gasteiger charge is 2.42. The number of benzene rings is 1. The molecule has 2 atom stereocenters. The lowest BCUT2D eigenvalue weighted by Crippen LogP contribution is -2.47. The number of amides is 2. The minimum atomic E-state index is -0.614. The summed E-state index contributed by atoms with van der Waals surface area (Å²) in [6.45, 7) is -0.334. The number of carbonyl (C=O) groups is 1. The summed E-state index contributed by atoms with van der Waals surface area (Å²) < 4.78 is 25.0. The van der Waals surface area contributed by atoms with Crippen molar-refractivity contribution in [3.8, 4) is 0 Å². The van der Waals surface area contributed by atoms with Crippen LogP contribution < -0.4 is 10.6 Å². The van der Waals surface area contributed by atoms with Crippen LogP contribution in [0.2, 0.25) is 0 Å². The topological polar surface area (TPSA) is 61.4 Å². The van der Waals surface area contributed by atoms with Gasteiger partial charge in [0.25, 0.3) is 0 Å². The molecule has 1 aromatic rings. The van der Waals surface area contributed by atoms with Crippen molar-refractivity contribution in [3.63, 3.8) is 0 Å². The standard InChI is InChI=1S/C16H22F2N2O2/c17-8-9-19-15(22)20-11-16(7-1-2-14(16)21)10-12-3-5-13(18)6-4-12/h3-6,14,21H,1-2,7-11H2,(H2,19,20,22)/t14-,16+/m1/s1. The largest absolute Gasteiger partial charge is 0.392 e. The van der Waals surface area contributed by atoms with Crippen molar-refractivity contribution < 1.29 is 18.7 Å². The number of urea groups is 1. The summed E-state index contributed by atoms with van der Waals surface area (Å²) in [6.07, 6.45) is 2.41. The van der Waals surface area contributed by atoms with Gasteiger partial charge in [0, 0.05) is 18.5 Å². The second-order valence-corrected chi connectivity index (χ2v) is 5.87. The van der Waals surface area contributed by atoms with Gasteiger partial charge in [-0.1, -0.05) is 18.6 Å². The van der Waals surface area contributed by atoms with Gasteiger partial charge >= 0.3 is 6.03 Å². The molecular formula is C16H22F2N2O2. The van der Waals surface area contributed by atoms with Crippen molar-refractivity contribution in [3.05, 3.63) is 35.6 Å². The summed E-state index contributed by atoms with van der Waals surface area (Å²) in [5.74, 6) is -0.298. The van der Waals surface area contributed by atoms with E-state index in [4.69, 9.17) is 0 Å². The summed E-state index contributed by atoms with van der Waals surface area (Å²) in [6, 6.07) is 5.75. The maximum absolute atomic E-state index is 13.0. The normalized spacial score (nSPS) is 24.2. The first-order valence-electron chi connectivity index (χ1n) is 7.56. The summed E-state index contributed by atoms with van der Waals surface area (Å²) in [5.41, 5.74) is 0.471. The highest BCUT2D eigenvalue weighted by Crippen LogP contribution is 2.40. The number of aliphatic hydroxyl groups excluding tert-OH is 1. The van der Waals surface area contributed by atoms with Crippen molar-refractivity contribution in [2.45, 2.75) is 31.8 Å². The second kappa shape index (κ2) is 7.54. The van der Waals surface area contributed by atoms with Gasteiger partial charge in [-0.2, -0.15) is 0 Å². The van der Waals surface area contributed by atoms with E-state index in [1.807, 2.05) is 0 Å². The summed E-state index contributed by atoms with van der Waals surface area (Å²) in [5, 5.41) is 15.5. The third kappa shape index (κ3) is 4.16. The monoisotopic (exact) mass is 312 g/mol. The predicted molar refractivity (Wildman–Crippen MR) is 79.8 cm³/mol. The molecule has 1 aromatic carbocycles. The van der Waals surface area contributed by atoms with E-state index in [0.717, 1.165) is 18.4 Å². The first-order chi connectivity index (χ1) is 10.6. The molecule has 4 nitrogen and oxygen atoms in total. The molecule has 1 aliphatic carbocycles. The molecule has 3 N–H and O–H groups in total. The first-order valence-corrected chi connectivity index (χ1v) is 7.56. The van der Waals surface area contributed by atoms with Gasteiger partial charge in [0.1, 0.15) is 12.5 Å². The summed E-state index contributed by atoms with van der Waals surface area (Å²) >= 11 is 0. The zero-order valence-electron chi connectivity index (χ0n) is 12.4. The van der Waals surface area contributed by atoms with Crippen molar-refractivity contribution in [2.75, 3.05) is 19.8 Å². The Hall–Kier alpha value is -1.69. The Morgan fingerprint density at radius 1 is 1.32 bits per heavy atom. The van der Waals surface area contributed by atoms with E-state index in [1.165, 1.54) is 12.1 Å². The molecular weight excluding hydrogens is 290 g/mol. The van der Waals surface area contributed by atoms with E-state index in [1.54, 1.807) is 12.1 Å². The van der Waals surface area contributed by atoms with Crippen LogP contribution in [0.15, 0.2) is 24.3 Å². The van der Waals surface area contributed by atoms with Crippen LogP contribution in [0.3, 0.4) is 0 Å². The zero-order chi connectivity index (χ0) is 16.0. The highest BCUT2D eigenvalue weighted by molar-refractivity contribution is 5.73. The van der Waals surface area contributed by atoms with E-state index in [0.29, 0.717) is 19.4 Å². The Morgan fingerprint density at radius 3 is 2.64 bits per heavy atom. The molecule has 22 heavy (non-hydrogen) atoms. The van der Waals surface area contributed by atoms with Gasteiger partial charge in [0.05, 0.1) is 6.10 Å². The molecule has 0 radical (unpaired) electrons. The van der Waals surface area contributed by atoms with E-state index >= 15 is 0 Å². The fraction of sp³-hybridized carbons (Fsp3) is 0.562. The number of carbonyl (C=O) groups excluding carboxylic acids is 1. The maximum atomic E-state index is 13.0. The summed E-state index contributed by atoms with van der Waals surface area (Å²) in [4.78, 5) is 11.6. The predicted octanol–water partition coefficient (Wildman–Crippen LogP) is 2.17. The fourth-order valence-electron chi connectivity index (χ4n) is 3.08. The molecule has 1 saturated carbocycles. The lowest BCUT2D eigenvalue weighted by molar-refractivity contribution is 0.0540. The number of hydrogen-bond donors (Lipinski definition) is 3. The quantitative estimate of drug-likeness (QED) is 0.754. The van der Waals surface area contributed by atoms with Crippen LogP contribution in [-0.2, 0) is 6.42 Å². The van der Waals surface area contributed by atoms with Gasteiger partial charge in [0.15, 0.2) is 0 Å². The molecule has 1 aliphatic rings. The Morgan fingerprint density at radius 2 is 2.05 bits per heavy atom. The highest BCUT2D eigenvalue weighted by atomic mass is 19.1. The zero-order valence-corrected chi connectivity index (χ0v) is 12.4. The lowest BCUT2D eigenvalue weighted by atomic mass is 9.78. The van der Waals surface area contributed by atoms with Crippen LogP contribution in [-0.4, -0.2) is 37.0 Å².